The molecule has 1 N–H and O–H groups in total. The zero-order valence-electron chi connectivity index (χ0n) is 18.5. The van der Waals surface area contributed by atoms with Gasteiger partial charge in [-0.2, -0.15) is 0 Å². The van der Waals surface area contributed by atoms with Crippen molar-refractivity contribution in [3.63, 3.8) is 0 Å². The Morgan fingerprint density at radius 1 is 1.06 bits per heavy atom. The Bertz CT molecular complexity index is 1150. The highest BCUT2D eigenvalue weighted by atomic mass is 32.2. The number of benzene rings is 2. The highest BCUT2D eigenvalue weighted by Crippen LogP contribution is 2.44. The van der Waals surface area contributed by atoms with Crippen LogP contribution in [-0.4, -0.2) is 46.1 Å². The zero-order valence-corrected chi connectivity index (χ0v) is 20.2. The van der Waals surface area contributed by atoms with Crippen molar-refractivity contribution >= 4 is 57.3 Å². The number of amides is 3. The lowest BCUT2D eigenvalue weighted by molar-refractivity contribution is -0.123. The zero-order chi connectivity index (χ0) is 23.5. The minimum absolute atomic E-state index is 0.0474. The van der Waals surface area contributed by atoms with Gasteiger partial charge in [0.1, 0.15) is 10.9 Å². The van der Waals surface area contributed by atoms with Crippen LogP contribution in [0.3, 0.4) is 0 Å². The van der Waals surface area contributed by atoms with Crippen LogP contribution in [-0.2, 0) is 20.8 Å². The fourth-order valence-corrected chi connectivity index (χ4v) is 5.47. The van der Waals surface area contributed by atoms with E-state index in [1.54, 1.807) is 11.0 Å². The van der Waals surface area contributed by atoms with Crippen LogP contribution in [0.25, 0.3) is 5.57 Å². The van der Waals surface area contributed by atoms with Gasteiger partial charge in [-0.05, 0) is 31.4 Å². The van der Waals surface area contributed by atoms with Crippen molar-refractivity contribution in [3.8, 4) is 0 Å². The Morgan fingerprint density at radius 2 is 1.76 bits per heavy atom. The smallest absolute Gasteiger partial charge is 0.267 e. The molecule has 8 heteroatoms. The molecule has 0 radical (unpaired) electrons. The Labute approximate surface area is 203 Å². The Kier molecular flexibility index (Phi) is 6.95. The first kappa shape index (κ1) is 23.2. The maximum Gasteiger partial charge on any atom is 0.267 e. The average molecular weight is 480 g/mol. The molecule has 1 unspecified atom stereocenters. The van der Waals surface area contributed by atoms with E-state index >= 15 is 0 Å². The maximum absolute atomic E-state index is 13.4. The highest BCUT2D eigenvalue weighted by molar-refractivity contribution is 8.26. The molecule has 6 nitrogen and oxygen atoms in total. The Morgan fingerprint density at radius 3 is 2.48 bits per heavy atom. The third-order valence-corrected chi connectivity index (χ3v) is 7.26. The normalized spacial score (nSPS) is 18.7. The molecular formula is C25H25N3O3S2. The second-order valence-corrected chi connectivity index (χ2v) is 9.64. The molecule has 0 spiro atoms. The summed E-state index contributed by atoms with van der Waals surface area (Å²) in [5.74, 6) is -0.840. The van der Waals surface area contributed by atoms with E-state index in [0.29, 0.717) is 39.0 Å². The number of para-hydroxylation sites is 1. The summed E-state index contributed by atoms with van der Waals surface area (Å²) in [6.45, 7) is 4.30. The van der Waals surface area contributed by atoms with Gasteiger partial charge in [-0.3, -0.25) is 24.2 Å². The van der Waals surface area contributed by atoms with Gasteiger partial charge in [-0.1, -0.05) is 79.4 Å². The van der Waals surface area contributed by atoms with Crippen LogP contribution in [0.15, 0.2) is 59.5 Å². The fourth-order valence-electron chi connectivity index (χ4n) is 3.94. The number of carbonyl (C=O) groups is 3. The van der Waals surface area contributed by atoms with E-state index in [1.807, 2.05) is 62.4 Å². The summed E-state index contributed by atoms with van der Waals surface area (Å²) < 4.78 is 0.458. The number of thioether (sulfide) groups is 1. The SMILES string of the molecule is CCC(C)N1C(=O)/C(=C2/C(=O)N(CC(=O)NCCc3ccccc3)c3ccccc32)SC1=S. The van der Waals surface area contributed by atoms with E-state index in [1.165, 1.54) is 4.90 Å². The van der Waals surface area contributed by atoms with E-state index in [0.717, 1.165) is 23.7 Å². The molecule has 170 valence electrons. The van der Waals surface area contributed by atoms with Crippen molar-refractivity contribution in [2.45, 2.75) is 32.7 Å². The maximum atomic E-state index is 13.4. The van der Waals surface area contributed by atoms with E-state index < -0.39 is 0 Å². The molecular weight excluding hydrogens is 454 g/mol. The van der Waals surface area contributed by atoms with Crippen LogP contribution in [0.5, 0.6) is 0 Å². The lowest BCUT2D eigenvalue weighted by atomic mass is 10.1. The van der Waals surface area contributed by atoms with Gasteiger partial charge in [-0.25, -0.2) is 0 Å². The van der Waals surface area contributed by atoms with Gasteiger partial charge in [-0.15, -0.1) is 0 Å². The molecule has 2 aromatic carbocycles. The number of fused-ring (bicyclic) bond motifs is 1. The largest absolute Gasteiger partial charge is 0.354 e. The Balaban J connectivity index is 1.54. The van der Waals surface area contributed by atoms with Gasteiger partial charge in [0.15, 0.2) is 0 Å². The number of hydrogen-bond donors (Lipinski definition) is 1. The van der Waals surface area contributed by atoms with Crippen molar-refractivity contribution in [1.82, 2.24) is 10.2 Å². The third kappa shape index (κ3) is 4.58. The number of hydrogen-bond acceptors (Lipinski definition) is 5. The van der Waals surface area contributed by atoms with Crippen LogP contribution < -0.4 is 10.2 Å². The van der Waals surface area contributed by atoms with Crippen LogP contribution in [0.4, 0.5) is 5.69 Å². The molecule has 2 heterocycles. The Hall–Kier alpha value is -2.97. The van der Waals surface area contributed by atoms with Crippen molar-refractivity contribution in [3.05, 3.63) is 70.6 Å². The molecule has 0 aromatic heterocycles. The van der Waals surface area contributed by atoms with Crippen molar-refractivity contribution in [1.29, 1.82) is 0 Å². The number of nitrogens with one attached hydrogen (secondary N) is 1. The molecule has 1 saturated heterocycles. The minimum atomic E-state index is -0.348. The standard InChI is InChI=1S/C25H25N3O3S2/c1-3-16(2)28-24(31)22(33-25(28)32)21-18-11-7-8-12-19(18)27(23(21)30)15-20(29)26-14-13-17-9-5-4-6-10-17/h4-12,16H,3,13-15H2,1-2H3,(H,26,29)/b22-21-. The monoisotopic (exact) mass is 479 g/mol. The summed E-state index contributed by atoms with van der Waals surface area (Å²) in [5.41, 5.74) is 2.74. The third-order valence-electron chi connectivity index (χ3n) is 5.86. The fraction of sp³-hybridized carbons (Fsp3) is 0.280. The molecule has 33 heavy (non-hydrogen) atoms. The summed E-state index contributed by atoms with van der Waals surface area (Å²) in [6, 6.07) is 17.1. The molecule has 4 rings (SSSR count). The van der Waals surface area contributed by atoms with E-state index in [9.17, 15) is 14.4 Å². The van der Waals surface area contributed by atoms with Crippen LogP contribution >= 0.6 is 24.0 Å². The molecule has 0 aliphatic carbocycles. The second kappa shape index (κ2) is 9.89. The lowest BCUT2D eigenvalue weighted by Gasteiger charge is -2.21. The summed E-state index contributed by atoms with van der Waals surface area (Å²) in [4.78, 5) is 42.6. The van der Waals surface area contributed by atoms with Gasteiger partial charge >= 0.3 is 0 Å². The van der Waals surface area contributed by atoms with Gasteiger partial charge in [0, 0.05) is 18.2 Å². The number of anilines is 1. The highest BCUT2D eigenvalue weighted by Gasteiger charge is 2.43. The van der Waals surface area contributed by atoms with Crippen LogP contribution in [0.1, 0.15) is 31.4 Å². The van der Waals surface area contributed by atoms with Crippen molar-refractivity contribution < 1.29 is 14.4 Å². The number of thiocarbonyl (C=S) groups is 1. The number of rotatable bonds is 7. The number of carbonyl (C=O) groups excluding carboxylic acids is 3. The first-order chi connectivity index (χ1) is 15.9. The molecule has 3 amide bonds. The van der Waals surface area contributed by atoms with E-state index in [4.69, 9.17) is 12.2 Å². The summed E-state index contributed by atoms with van der Waals surface area (Å²) in [6.07, 6.45) is 1.47. The first-order valence-corrected chi connectivity index (χ1v) is 12.2. The summed E-state index contributed by atoms with van der Waals surface area (Å²) in [7, 11) is 0. The van der Waals surface area contributed by atoms with E-state index in [2.05, 4.69) is 5.32 Å². The molecule has 1 atom stereocenters. The predicted molar refractivity (Wildman–Crippen MR) is 136 cm³/mol. The van der Waals surface area contributed by atoms with Gasteiger partial charge in [0.25, 0.3) is 11.8 Å². The minimum Gasteiger partial charge on any atom is -0.354 e. The summed E-state index contributed by atoms with van der Waals surface area (Å²) >= 11 is 6.60. The second-order valence-electron chi connectivity index (χ2n) is 8.00. The average Bonchev–Trinajstić information content (AvgIpc) is 3.26. The lowest BCUT2D eigenvalue weighted by Crippen LogP contribution is -2.39. The quantitative estimate of drug-likeness (QED) is 0.484. The van der Waals surface area contributed by atoms with Crippen LogP contribution in [0.2, 0.25) is 0 Å². The molecule has 0 bridgehead atoms. The number of nitrogens with zero attached hydrogens (tertiary/aromatic N) is 2. The molecule has 2 aliphatic heterocycles. The molecule has 2 aliphatic rings. The molecule has 2 aromatic rings. The van der Waals surface area contributed by atoms with Gasteiger partial charge < -0.3 is 5.32 Å². The first-order valence-electron chi connectivity index (χ1n) is 10.9. The van der Waals surface area contributed by atoms with Gasteiger partial charge in [0.05, 0.1) is 16.2 Å². The molecule has 0 saturated carbocycles. The van der Waals surface area contributed by atoms with E-state index in [-0.39, 0.29) is 30.3 Å². The van der Waals surface area contributed by atoms with Crippen LogP contribution in [0, 0.1) is 0 Å². The van der Waals surface area contributed by atoms with Gasteiger partial charge in [0.2, 0.25) is 5.91 Å². The van der Waals surface area contributed by atoms with Crippen molar-refractivity contribution in [2.24, 2.45) is 0 Å². The molecule has 1 fully saturated rings. The van der Waals surface area contributed by atoms with Crippen molar-refractivity contribution in [2.75, 3.05) is 18.0 Å². The predicted octanol–water partition coefficient (Wildman–Crippen LogP) is 3.76. The topological polar surface area (TPSA) is 69.7 Å². The summed E-state index contributed by atoms with van der Waals surface area (Å²) in [5, 5.41) is 2.89.